The van der Waals surface area contributed by atoms with E-state index in [1.54, 1.807) is 0 Å². The van der Waals surface area contributed by atoms with E-state index in [4.69, 9.17) is 10.5 Å². The normalized spacial score (nSPS) is 20.6. The van der Waals surface area contributed by atoms with Gasteiger partial charge in [0.05, 0.1) is 29.4 Å². The van der Waals surface area contributed by atoms with E-state index in [-0.39, 0.29) is 17.7 Å². The van der Waals surface area contributed by atoms with E-state index in [0.29, 0.717) is 0 Å². The fourth-order valence-electron chi connectivity index (χ4n) is 1.06. The minimum Gasteiger partial charge on any atom is -0.259 e. The number of hydrogen-bond donors (Lipinski definition) is 0. The highest BCUT2D eigenvalue weighted by atomic mass is 16.6. The summed E-state index contributed by atoms with van der Waals surface area (Å²) in [5, 5.41) is 27.5. The first kappa shape index (κ1) is 8.95. The Bertz CT molecular complexity index is 381. The van der Waals surface area contributed by atoms with E-state index in [2.05, 4.69) is 0 Å². The van der Waals surface area contributed by atoms with Crippen LogP contribution < -0.4 is 0 Å². The van der Waals surface area contributed by atoms with Gasteiger partial charge in [-0.25, -0.2) is 0 Å². The first-order valence-electron chi connectivity index (χ1n) is 3.54. The highest BCUT2D eigenvalue weighted by Gasteiger charge is 2.24. The molecule has 0 aromatic rings. The molecule has 0 aromatic heterocycles. The first-order chi connectivity index (χ1) is 6.19. The van der Waals surface area contributed by atoms with Crippen LogP contribution >= 0.6 is 0 Å². The van der Waals surface area contributed by atoms with Crippen molar-refractivity contribution in [3.63, 3.8) is 0 Å². The minimum atomic E-state index is -0.671. The number of allylic oxidation sites excluding steroid dienone is 4. The molecule has 0 N–H and O–H groups in total. The number of hydrogen-bond acceptors (Lipinski definition) is 4. The summed E-state index contributed by atoms with van der Waals surface area (Å²) in [6.07, 6.45) is 2.62. The van der Waals surface area contributed by atoms with Gasteiger partial charge in [-0.15, -0.1) is 0 Å². The molecule has 0 amide bonds. The van der Waals surface area contributed by atoms with Crippen LogP contribution in [0.4, 0.5) is 0 Å². The summed E-state index contributed by atoms with van der Waals surface area (Å²) in [5.41, 5.74) is 0.263. The molecule has 5 nitrogen and oxygen atoms in total. The van der Waals surface area contributed by atoms with Crippen molar-refractivity contribution in [1.82, 2.24) is 0 Å². The van der Waals surface area contributed by atoms with Gasteiger partial charge in [0.25, 0.3) is 0 Å². The zero-order chi connectivity index (χ0) is 9.84. The van der Waals surface area contributed by atoms with Crippen molar-refractivity contribution in [2.75, 3.05) is 0 Å². The third-order valence-electron chi connectivity index (χ3n) is 1.76. The number of nitriles is 2. The fourth-order valence-corrected chi connectivity index (χ4v) is 1.06. The van der Waals surface area contributed by atoms with Crippen molar-refractivity contribution in [2.24, 2.45) is 5.92 Å². The Morgan fingerprint density at radius 2 is 2.23 bits per heavy atom. The second kappa shape index (κ2) is 3.51. The van der Waals surface area contributed by atoms with Crippen molar-refractivity contribution in [3.8, 4) is 12.1 Å². The number of nitro groups is 1. The summed E-state index contributed by atoms with van der Waals surface area (Å²) < 4.78 is 0. The molecule has 0 spiro atoms. The summed E-state index contributed by atoms with van der Waals surface area (Å²) in [4.78, 5) is 9.79. The standard InChI is InChI=1S/C8H5N3O2/c9-4-6-1-2-8(11(12)13)3-7(6)5-10/h1-2,7H,3H2. The Labute approximate surface area is 74.3 Å². The van der Waals surface area contributed by atoms with Gasteiger partial charge in [0.2, 0.25) is 5.70 Å². The van der Waals surface area contributed by atoms with E-state index in [0.717, 1.165) is 0 Å². The van der Waals surface area contributed by atoms with Crippen molar-refractivity contribution >= 4 is 0 Å². The maximum absolute atomic E-state index is 10.3. The van der Waals surface area contributed by atoms with Crippen LogP contribution in [0, 0.1) is 38.7 Å². The maximum Gasteiger partial charge on any atom is 0.247 e. The van der Waals surface area contributed by atoms with E-state index >= 15 is 0 Å². The Hall–Kier alpha value is -2.14. The molecule has 0 saturated heterocycles. The second-order valence-electron chi connectivity index (χ2n) is 2.53. The third kappa shape index (κ3) is 1.71. The lowest BCUT2D eigenvalue weighted by Crippen LogP contribution is -2.10. The molecule has 1 aliphatic rings. The van der Waals surface area contributed by atoms with Gasteiger partial charge in [-0.1, -0.05) is 0 Å². The zero-order valence-electron chi connectivity index (χ0n) is 6.60. The van der Waals surface area contributed by atoms with Gasteiger partial charge in [0.1, 0.15) is 0 Å². The molecular weight excluding hydrogens is 170 g/mol. The van der Waals surface area contributed by atoms with Crippen LogP contribution in [-0.2, 0) is 0 Å². The lowest BCUT2D eigenvalue weighted by atomic mass is 9.92. The van der Waals surface area contributed by atoms with Crippen LogP contribution in [0.2, 0.25) is 0 Å². The van der Waals surface area contributed by atoms with Crippen LogP contribution in [0.15, 0.2) is 23.4 Å². The lowest BCUT2D eigenvalue weighted by molar-refractivity contribution is -0.428. The highest BCUT2D eigenvalue weighted by molar-refractivity contribution is 5.36. The Balaban J connectivity index is 2.99. The molecule has 1 rings (SSSR count). The quantitative estimate of drug-likeness (QED) is 0.441. The maximum atomic E-state index is 10.3. The van der Waals surface area contributed by atoms with Crippen LogP contribution in [0.3, 0.4) is 0 Å². The predicted molar refractivity (Wildman–Crippen MR) is 42.5 cm³/mol. The molecule has 0 radical (unpaired) electrons. The van der Waals surface area contributed by atoms with Gasteiger partial charge in [-0.05, 0) is 6.08 Å². The smallest absolute Gasteiger partial charge is 0.247 e. The fraction of sp³-hybridized carbons (Fsp3) is 0.250. The van der Waals surface area contributed by atoms with Gasteiger partial charge in [-0.3, -0.25) is 10.1 Å². The van der Waals surface area contributed by atoms with E-state index < -0.39 is 10.8 Å². The highest BCUT2D eigenvalue weighted by Crippen LogP contribution is 2.24. The molecule has 0 aliphatic heterocycles. The van der Waals surface area contributed by atoms with Crippen LogP contribution in [-0.4, -0.2) is 4.92 Å². The number of rotatable bonds is 1. The van der Waals surface area contributed by atoms with E-state index in [9.17, 15) is 10.1 Å². The summed E-state index contributed by atoms with van der Waals surface area (Å²) >= 11 is 0. The van der Waals surface area contributed by atoms with Crippen LogP contribution in [0.1, 0.15) is 6.42 Å². The summed E-state index contributed by atoms with van der Waals surface area (Å²) in [6.45, 7) is 0. The molecule has 0 bridgehead atoms. The average molecular weight is 175 g/mol. The molecule has 0 saturated carbocycles. The van der Waals surface area contributed by atoms with E-state index in [1.807, 2.05) is 12.1 Å². The van der Waals surface area contributed by atoms with Crippen LogP contribution in [0.5, 0.6) is 0 Å². The molecular formula is C8H5N3O2. The van der Waals surface area contributed by atoms with Crippen molar-refractivity contribution in [3.05, 3.63) is 33.5 Å². The largest absolute Gasteiger partial charge is 0.259 e. The molecule has 1 aliphatic carbocycles. The SMILES string of the molecule is N#CC1=CC=C([N+](=O)[O-])CC1C#N. The first-order valence-corrected chi connectivity index (χ1v) is 3.54. The zero-order valence-corrected chi connectivity index (χ0v) is 6.60. The van der Waals surface area contributed by atoms with Gasteiger partial charge in [-0.2, -0.15) is 10.5 Å². The summed E-state index contributed by atoms with van der Waals surface area (Å²) in [6, 6.07) is 3.69. The van der Waals surface area contributed by atoms with Gasteiger partial charge >= 0.3 is 0 Å². The summed E-state index contributed by atoms with van der Waals surface area (Å²) in [7, 11) is 0. The molecule has 13 heavy (non-hydrogen) atoms. The van der Waals surface area contributed by atoms with Crippen molar-refractivity contribution in [2.45, 2.75) is 6.42 Å². The van der Waals surface area contributed by atoms with Gasteiger partial charge < -0.3 is 0 Å². The lowest BCUT2D eigenvalue weighted by Gasteiger charge is -2.08. The molecule has 5 heteroatoms. The Morgan fingerprint density at radius 3 is 2.69 bits per heavy atom. The van der Waals surface area contributed by atoms with Gasteiger partial charge in [0.15, 0.2) is 0 Å². The summed E-state index contributed by atoms with van der Waals surface area (Å²) in [5.74, 6) is -0.671. The molecule has 0 aromatic carbocycles. The van der Waals surface area contributed by atoms with E-state index in [1.165, 1.54) is 12.2 Å². The molecule has 64 valence electrons. The van der Waals surface area contributed by atoms with Crippen LogP contribution in [0.25, 0.3) is 0 Å². The number of nitrogens with zero attached hydrogens (tertiary/aromatic N) is 3. The Morgan fingerprint density at radius 1 is 1.54 bits per heavy atom. The monoisotopic (exact) mass is 175 g/mol. The molecule has 1 unspecified atom stereocenters. The molecule has 0 heterocycles. The third-order valence-corrected chi connectivity index (χ3v) is 1.76. The molecule has 1 atom stereocenters. The van der Waals surface area contributed by atoms with Crippen molar-refractivity contribution < 1.29 is 4.92 Å². The van der Waals surface area contributed by atoms with Gasteiger partial charge in [0, 0.05) is 11.6 Å². The minimum absolute atomic E-state index is 0.0168. The van der Waals surface area contributed by atoms with Crippen molar-refractivity contribution in [1.29, 1.82) is 10.5 Å². The molecule has 0 fully saturated rings. The Kier molecular flexibility index (Phi) is 2.41. The second-order valence-corrected chi connectivity index (χ2v) is 2.53. The average Bonchev–Trinajstić information content (AvgIpc) is 2.16. The predicted octanol–water partition coefficient (Wildman–Crippen LogP) is 1.14. The topological polar surface area (TPSA) is 90.7 Å².